The minimum Gasteiger partial charge on any atom is -0.209 e. The maximum Gasteiger partial charge on any atom is 0.301 e. The molecule has 0 rings (SSSR count). The summed E-state index contributed by atoms with van der Waals surface area (Å²) in [5, 5.41) is 0. The molecule has 0 aliphatic heterocycles. The van der Waals surface area contributed by atoms with Crippen molar-refractivity contribution < 1.29 is 17.6 Å². The van der Waals surface area contributed by atoms with Gasteiger partial charge in [-0.1, -0.05) is 6.92 Å². The molecule has 0 unspecified atom stereocenters. The highest BCUT2D eigenvalue weighted by atomic mass is 19.3. The summed E-state index contributed by atoms with van der Waals surface area (Å²) >= 11 is 0. The molecule has 0 saturated carbocycles. The lowest BCUT2D eigenvalue weighted by atomic mass is 10.1. The summed E-state index contributed by atoms with van der Waals surface area (Å²) in [6.45, 7) is 2.16. The average Bonchev–Trinajstić information content (AvgIpc) is 1.86. The third-order valence-electron chi connectivity index (χ3n) is 1.19. The van der Waals surface area contributed by atoms with Gasteiger partial charge < -0.3 is 0 Å². The Morgan fingerprint density at radius 1 is 1.27 bits per heavy atom. The van der Waals surface area contributed by atoms with Crippen LogP contribution in [-0.2, 0) is 0 Å². The Morgan fingerprint density at radius 3 is 2.00 bits per heavy atom. The van der Waals surface area contributed by atoms with Crippen LogP contribution in [0.25, 0.3) is 0 Å². The summed E-state index contributed by atoms with van der Waals surface area (Å²) < 4.78 is 49.0. The lowest BCUT2D eigenvalue weighted by Gasteiger charge is -2.12. The van der Waals surface area contributed by atoms with Crippen molar-refractivity contribution in [2.75, 3.05) is 0 Å². The van der Waals surface area contributed by atoms with Crippen LogP contribution in [0.1, 0.15) is 26.7 Å². The molecule has 0 aromatic carbocycles. The van der Waals surface area contributed by atoms with Gasteiger partial charge in [-0.25, -0.2) is 8.78 Å². The fraction of sp³-hybridized carbons (Fsp3) is 0.714. The van der Waals surface area contributed by atoms with Crippen molar-refractivity contribution in [2.24, 2.45) is 0 Å². The molecule has 0 aromatic heterocycles. The topological polar surface area (TPSA) is 0 Å². The first-order valence-corrected chi connectivity index (χ1v) is 3.32. The van der Waals surface area contributed by atoms with Crippen molar-refractivity contribution in [1.82, 2.24) is 0 Å². The van der Waals surface area contributed by atoms with Crippen LogP contribution in [0.3, 0.4) is 0 Å². The highest BCUT2D eigenvalue weighted by Gasteiger charge is 2.35. The summed E-state index contributed by atoms with van der Waals surface area (Å²) in [4.78, 5) is 0. The molecule has 0 fully saturated rings. The second-order valence-corrected chi connectivity index (χ2v) is 2.30. The molecule has 0 atom stereocenters. The molecule has 0 nitrogen and oxygen atoms in total. The lowest BCUT2D eigenvalue weighted by molar-refractivity contribution is 0.00539. The standard InChI is InChI=1S/C7H10F4/c1-3-4-7(10,11)6(9)5(2)8/h3-4H2,1-2H3/b6-5+. The van der Waals surface area contributed by atoms with Crippen LogP contribution in [0, 0.1) is 0 Å². The van der Waals surface area contributed by atoms with Crippen molar-refractivity contribution in [3.05, 3.63) is 11.7 Å². The molecule has 0 aromatic rings. The molecule has 0 radical (unpaired) electrons. The van der Waals surface area contributed by atoms with Gasteiger partial charge in [-0.05, 0) is 13.3 Å². The first-order valence-electron chi connectivity index (χ1n) is 3.32. The third kappa shape index (κ3) is 2.91. The first kappa shape index (κ1) is 10.5. The Labute approximate surface area is 62.9 Å². The van der Waals surface area contributed by atoms with Crippen molar-refractivity contribution in [1.29, 1.82) is 0 Å². The fourth-order valence-corrected chi connectivity index (χ4v) is 0.676. The van der Waals surface area contributed by atoms with E-state index in [4.69, 9.17) is 0 Å². The molecule has 0 aliphatic rings. The zero-order chi connectivity index (χ0) is 9.07. The Morgan fingerprint density at radius 2 is 1.73 bits per heavy atom. The molecular formula is C7H10F4. The van der Waals surface area contributed by atoms with E-state index in [1.807, 2.05) is 0 Å². The first-order chi connectivity index (χ1) is 4.91. The number of hydrogen-bond acceptors (Lipinski definition) is 0. The average molecular weight is 170 g/mol. The quantitative estimate of drug-likeness (QED) is 0.568. The molecule has 11 heavy (non-hydrogen) atoms. The maximum atomic E-state index is 12.4. The van der Waals surface area contributed by atoms with Crippen LogP contribution in [0.15, 0.2) is 11.7 Å². The molecule has 0 bridgehead atoms. The van der Waals surface area contributed by atoms with Crippen molar-refractivity contribution >= 4 is 0 Å². The van der Waals surface area contributed by atoms with E-state index in [-0.39, 0.29) is 6.42 Å². The Balaban J connectivity index is 4.42. The van der Waals surface area contributed by atoms with Gasteiger partial charge in [0.25, 0.3) is 0 Å². The van der Waals surface area contributed by atoms with E-state index in [0.717, 1.165) is 0 Å². The van der Waals surface area contributed by atoms with Crippen molar-refractivity contribution in [3.63, 3.8) is 0 Å². The van der Waals surface area contributed by atoms with E-state index in [1.54, 1.807) is 0 Å². The predicted molar refractivity (Wildman–Crippen MR) is 34.8 cm³/mol. The maximum absolute atomic E-state index is 12.4. The van der Waals surface area contributed by atoms with Gasteiger partial charge >= 0.3 is 5.92 Å². The minimum atomic E-state index is -3.63. The van der Waals surface area contributed by atoms with Gasteiger partial charge in [0.15, 0.2) is 5.83 Å². The number of rotatable bonds is 3. The summed E-state index contributed by atoms with van der Waals surface area (Å²) in [7, 11) is 0. The van der Waals surface area contributed by atoms with Crippen LogP contribution < -0.4 is 0 Å². The Hall–Kier alpha value is -0.540. The molecule has 0 heterocycles. The number of hydrogen-bond donors (Lipinski definition) is 0. The van der Waals surface area contributed by atoms with E-state index in [9.17, 15) is 17.6 Å². The molecule has 4 heteroatoms. The molecule has 0 aliphatic carbocycles. The molecule has 66 valence electrons. The number of allylic oxidation sites excluding steroid dienone is 2. The van der Waals surface area contributed by atoms with Gasteiger partial charge in [0.2, 0.25) is 0 Å². The predicted octanol–water partition coefficient (Wildman–Crippen LogP) is 3.59. The molecule has 0 amide bonds. The second-order valence-electron chi connectivity index (χ2n) is 2.30. The summed E-state index contributed by atoms with van der Waals surface area (Å²) in [5.74, 6) is -7.02. The van der Waals surface area contributed by atoms with E-state index in [2.05, 4.69) is 0 Å². The summed E-state index contributed by atoms with van der Waals surface area (Å²) in [6.07, 6.45) is -0.534. The van der Waals surface area contributed by atoms with E-state index in [1.165, 1.54) is 6.92 Å². The molecule has 0 saturated heterocycles. The van der Waals surface area contributed by atoms with Gasteiger partial charge in [-0.2, -0.15) is 8.78 Å². The van der Waals surface area contributed by atoms with Crippen LogP contribution in [0.4, 0.5) is 17.6 Å². The van der Waals surface area contributed by atoms with Crippen molar-refractivity contribution in [3.8, 4) is 0 Å². The zero-order valence-corrected chi connectivity index (χ0v) is 6.43. The van der Waals surface area contributed by atoms with Crippen LogP contribution in [-0.4, -0.2) is 5.92 Å². The normalized spacial score (nSPS) is 14.7. The molecular weight excluding hydrogens is 160 g/mol. The number of halogens is 4. The minimum absolute atomic E-state index is 0.119. The third-order valence-corrected chi connectivity index (χ3v) is 1.19. The van der Waals surface area contributed by atoms with Gasteiger partial charge in [0, 0.05) is 6.42 Å². The highest BCUT2D eigenvalue weighted by molar-refractivity contribution is 5.06. The molecule has 0 spiro atoms. The van der Waals surface area contributed by atoms with Crippen LogP contribution in [0.5, 0.6) is 0 Å². The monoisotopic (exact) mass is 170 g/mol. The summed E-state index contributed by atoms with van der Waals surface area (Å²) in [6, 6.07) is 0. The van der Waals surface area contributed by atoms with E-state index in [0.29, 0.717) is 6.92 Å². The van der Waals surface area contributed by atoms with Crippen LogP contribution >= 0.6 is 0 Å². The van der Waals surface area contributed by atoms with Gasteiger partial charge in [-0.3, -0.25) is 0 Å². The lowest BCUT2D eigenvalue weighted by Crippen LogP contribution is -2.16. The number of alkyl halides is 2. The molecule has 0 N–H and O–H groups in total. The SMILES string of the molecule is CCCC(F)(F)/C(F)=C(/C)F. The highest BCUT2D eigenvalue weighted by Crippen LogP contribution is 2.32. The summed E-state index contributed by atoms with van der Waals surface area (Å²) in [5.41, 5.74) is 0. The van der Waals surface area contributed by atoms with E-state index >= 15 is 0 Å². The Bertz CT molecular complexity index is 156. The fourth-order valence-electron chi connectivity index (χ4n) is 0.676. The van der Waals surface area contributed by atoms with Crippen molar-refractivity contribution in [2.45, 2.75) is 32.6 Å². The van der Waals surface area contributed by atoms with Crippen LogP contribution in [0.2, 0.25) is 0 Å². The zero-order valence-electron chi connectivity index (χ0n) is 6.43. The Kier molecular flexibility index (Phi) is 3.55. The second kappa shape index (κ2) is 3.74. The van der Waals surface area contributed by atoms with Gasteiger partial charge in [0.05, 0.1) is 0 Å². The van der Waals surface area contributed by atoms with Gasteiger partial charge in [0.1, 0.15) is 5.83 Å². The largest absolute Gasteiger partial charge is 0.301 e. The van der Waals surface area contributed by atoms with E-state index < -0.39 is 24.0 Å². The smallest absolute Gasteiger partial charge is 0.209 e. The van der Waals surface area contributed by atoms with Gasteiger partial charge in [-0.15, -0.1) is 0 Å².